The predicted molar refractivity (Wildman–Crippen MR) is 123 cm³/mol. The SMILES string of the molecule is CC1(C)C(=O)CN(Cc2ccccc2)C1=O.CC1(C)OC(=O)CN(Cc2ccccc2)C1=O. The van der Waals surface area contributed by atoms with E-state index >= 15 is 0 Å². The molecule has 0 spiro atoms. The molecule has 2 saturated heterocycles. The van der Waals surface area contributed by atoms with E-state index in [1.165, 1.54) is 4.90 Å². The fourth-order valence-electron chi connectivity index (χ4n) is 3.79. The van der Waals surface area contributed by atoms with E-state index in [2.05, 4.69) is 0 Å². The lowest BCUT2D eigenvalue weighted by Crippen LogP contribution is -2.55. The number of likely N-dealkylation sites (tertiary alicyclic amines) is 1. The number of carbonyl (C=O) groups excluding carboxylic acids is 4. The lowest BCUT2D eigenvalue weighted by atomic mass is 9.91. The maximum Gasteiger partial charge on any atom is 0.326 e. The highest BCUT2D eigenvalue weighted by atomic mass is 16.6. The van der Waals surface area contributed by atoms with Gasteiger partial charge in [0.15, 0.2) is 11.4 Å². The van der Waals surface area contributed by atoms with Crippen LogP contribution in [0.5, 0.6) is 0 Å². The maximum atomic E-state index is 12.0. The molecule has 4 rings (SSSR count). The van der Waals surface area contributed by atoms with Gasteiger partial charge in [-0.15, -0.1) is 0 Å². The van der Waals surface area contributed by atoms with E-state index in [-0.39, 0.29) is 36.7 Å². The molecule has 0 atom stereocenters. The summed E-state index contributed by atoms with van der Waals surface area (Å²) in [6.07, 6.45) is 0. The van der Waals surface area contributed by atoms with Crippen LogP contribution in [-0.2, 0) is 37.0 Å². The Hall–Kier alpha value is -3.48. The zero-order chi connectivity index (χ0) is 24.2. The third kappa shape index (κ3) is 5.66. The summed E-state index contributed by atoms with van der Waals surface area (Å²) in [5.41, 5.74) is 0.173. The molecular weight excluding hydrogens is 420 g/mol. The molecular formula is C26H30N2O5. The second-order valence-electron chi connectivity index (χ2n) is 9.33. The van der Waals surface area contributed by atoms with Crippen molar-refractivity contribution >= 4 is 23.6 Å². The third-order valence-corrected chi connectivity index (χ3v) is 5.78. The van der Waals surface area contributed by atoms with Crippen molar-refractivity contribution in [1.29, 1.82) is 0 Å². The van der Waals surface area contributed by atoms with Gasteiger partial charge < -0.3 is 14.5 Å². The van der Waals surface area contributed by atoms with Crippen LogP contribution in [-0.4, -0.2) is 52.1 Å². The Labute approximate surface area is 194 Å². The number of morpholine rings is 1. The van der Waals surface area contributed by atoms with Gasteiger partial charge in [0.05, 0.1) is 6.54 Å². The van der Waals surface area contributed by atoms with Gasteiger partial charge in [-0.3, -0.25) is 19.2 Å². The maximum absolute atomic E-state index is 12.0. The number of nitrogens with zero attached hydrogens (tertiary/aromatic N) is 2. The number of carbonyl (C=O) groups is 4. The zero-order valence-electron chi connectivity index (χ0n) is 19.5. The molecule has 7 heteroatoms. The molecule has 2 fully saturated rings. The molecule has 2 aromatic carbocycles. The van der Waals surface area contributed by atoms with Crippen LogP contribution in [0.3, 0.4) is 0 Å². The second-order valence-corrected chi connectivity index (χ2v) is 9.33. The van der Waals surface area contributed by atoms with Crippen LogP contribution in [0.25, 0.3) is 0 Å². The number of esters is 1. The highest BCUT2D eigenvalue weighted by Gasteiger charge is 2.46. The summed E-state index contributed by atoms with van der Waals surface area (Å²) < 4.78 is 5.02. The van der Waals surface area contributed by atoms with Gasteiger partial charge in [-0.05, 0) is 38.8 Å². The number of amides is 2. The number of hydrogen-bond donors (Lipinski definition) is 0. The summed E-state index contributed by atoms with van der Waals surface area (Å²) in [4.78, 5) is 50.2. The Morgan fingerprint density at radius 1 is 0.697 bits per heavy atom. The summed E-state index contributed by atoms with van der Waals surface area (Å²) >= 11 is 0. The predicted octanol–water partition coefficient (Wildman–Crippen LogP) is 2.97. The normalized spacial score (nSPS) is 19.2. The average Bonchev–Trinajstić information content (AvgIpc) is 2.95. The second kappa shape index (κ2) is 9.57. The number of rotatable bonds is 4. The number of hydrogen-bond acceptors (Lipinski definition) is 5. The van der Waals surface area contributed by atoms with Gasteiger partial charge in [-0.2, -0.15) is 0 Å². The monoisotopic (exact) mass is 450 g/mol. The van der Waals surface area contributed by atoms with Gasteiger partial charge in [0.2, 0.25) is 5.91 Å². The standard InChI is InChI=1S/C13H15NO3.C13H15NO2/c1-13(2)12(16)14(9-11(15)17-13)8-10-6-4-3-5-7-10;1-13(2)11(15)9-14(12(13)16)8-10-6-4-3-5-7-10/h3-7H,8-9H2,1-2H3;3-7H,8-9H2,1-2H3. The molecule has 2 aromatic rings. The molecule has 33 heavy (non-hydrogen) atoms. The van der Waals surface area contributed by atoms with Gasteiger partial charge in [0.25, 0.3) is 5.91 Å². The molecule has 0 saturated carbocycles. The van der Waals surface area contributed by atoms with Crippen LogP contribution >= 0.6 is 0 Å². The highest BCUT2D eigenvalue weighted by Crippen LogP contribution is 2.28. The minimum absolute atomic E-state index is 0.00781. The van der Waals surface area contributed by atoms with Gasteiger partial charge in [-0.25, -0.2) is 0 Å². The molecule has 2 aliphatic heterocycles. The van der Waals surface area contributed by atoms with Crippen molar-refractivity contribution < 1.29 is 23.9 Å². The van der Waals surface area contributed by atoms with Gasteiger partial charge in [-0.1, -0.05) is 60.7 Å². The van der Waals surface area contributed by atoms with E-state index in [1.807, 2.05) is 60.7 Å². The Bertz CT molecular complexity index is 1030. The summed E-state index contributed by atoms with van der Waals surface area (Å²) in [6, 6.07) is 19.3. The Morgan fingerprint density at radius 3 is 1.58 bits per heavy atom. The van der Waals surface area contributed by atoms with E-state index in [9.17, 15) is 19.2 Å². The van der Waals surface area contributed by atoms with E-state index in [1.54, 1.807) is 32.6 Å². The largest absolute Gasteiger partial charge is 0.448 e. The van der Waals surface area contributed by atoms with Crippen molar-refractivity contribution in [2.75, 3.05) is 13.1 Å². The van der Waals surface area contributed by atoms with Crippen LogP contribution in [0.15, 0.2) is 60.7 Å². The molecule has 0 radical (unpaired) electrons. The summed E-state index contributed by atoms with van der Waals surface area (Å²) in [5.74, 6) is -0.568. The number of Topliss-reactive ketones (excluding diaryl/α,β-unsaturated/α-hetero) is 1. The summed E-state index contributed by atoms with van der Waals surface area (Å²) in [7, 11) is 0. The van der Waals surface area contributed by atoms with Crippen molar-refractivity contribution in [3.8, 4) is 0 Å². The number of ether oxygens (including phenoxy) is 1. The van der Waals surface area contributed by atoms with E-state index in [0.29, 0.717) is 13.1 Å². The molecule has 7 nitrogen and oxygen atoms in total. The van der Waals surface area contributed by atoms with Crippen molar-refractivity contribution in [1.82, 2.24) is 9.80 Å². The minimum atomic E-state index is -1.05. The molecule has 0 aromatic heterocycles. The molecule has 174 valence electrons. The Morgan fingerprint density at radius 2 is 1.15 bits per heavy atom. The van der Waals surface area contributed by atoms with Crippen molar-refractivity contribution in [2.24, 2.45) is 5.41 Å². The molecule has 0 bridgehead atoms. The van der Waals surface area contributed by atoms with Crippen LogP contribution in [0.4, 0.5) is 0 Å². The van der Waals surface area contributed by atoms with Gasteiger partial charge in [0, 0.05) is 13.1 Å². The minimum Gasteiger partial charge on any atom is -0.448 e. The van der Waals surface area contributed by atoms with Crippen molar-refractivity contribution in [3.63, 3.8) is 0 Å². The summed E-state index contributed by atoms with van der Waals surface area (Å²) in [5, 5.41) is 0. The number of cyclic esters (lactones) is 1. The number of ketones is 1. The van der Waals surface area contributed by atoms with E-state index in [0.717, 1.165) is 11.1 Å². The van der Waals surface area contributed by atoms with Crippen molar-refractivity contribution in [3.05, 3.63) is 71.8 Å². The van der Waals surface area contributed by atoms with Crippen LogP contribution < -0.4 is 0 Å². The molecule has 2 heterocycles. The fourth-order valence-corrected chi connectivity index (χ4v) is 3.79. The van der Waals surface area contributed by atoms with Crippen LogP contribution in [0.1, 0.15) is 38.8 Å². The quantitative estimate of drug-likeness (QED) is 0.528. The smallest absolute Gasteiger partial charge is 0.326 e. The van der Waals surface area contributed by atoms with Crippen molar-refractivity contribution in [2.45, 2.75) is 46.4 Å². The highest BCUT2D eigenvalue weighted by molar-refractivity contribution is 6.11. The Kier molecular flexibility index (Phi) is 7.01. The molecule has 0 aliphatic carbocycles. The zero-order valence-corrected chi connectivity index (χ0v) is 19.5. The lowest BCUT2D eigenvalue weighted by Gasteiger charge is -2.36. The molecule has 0 N–H and O–H groups in total. The first-order chi connectivity index (χ1) is 15.5. The topological polar surface area (TPSA) is 84.0 Å². The van der Waals surface area contributed by atoms with Gasteiger partial charge >= 0.3 is 5.97 Å². The third-order valence-electron chi connectivity index (χ3n) is 5.78. The first-order valence-electron chi connectivity index (χ1n) is 10.9. The average molecular weight is 451 g/mol. The van der Waals surface area contributed by atoms with E-state index in [4.69, 9.17) is 4.74 Å². The Balaban J connectivity index is 0.000000186. The first-order valence-corrected chi connectivity index (χ1v) is 10.9. The summed E-state index contributed by atoms with van der Waals surface area (Å²) in [6.45, 7) is 7.85. The fraction of sp³-hybridized carbons (Fsp3) is 0.385. The van der Waals surface area contributed by atoms with Crippen LogP contribution in [0.2, 0.25) is 0 Å². The molecule has 2 amide bonds. The lowest BCUT2D eigenvalue weighted by molar-refractivity contribution is -0.182. The van der Waals surface area contributed by atoms with E-state index < -0.39 is 11.0 Å². The first kappa shape index (κ1) is 24.2. The van der Waals surface area contributed by atoms with Crippen LogP contribution in [0, 0.1) is 5.41 Å². The van der Waals surface area contributed by atoms with Gasteiger partial charge in [0.1, 0.15) is 12.0 Å². The molecule has 2 aliphatic rings. The number of benzene rings is 2. The molecule has 0 unspecified atom stereocenters.